The van der Waals surface area contributed by atoms with Crippen LogP contribution in [0, 0.1) is 0 Å². The maximum absolute atomic E-state index is 4.36. The summed E-state index contributed by atoms with van der Waals surface area (Å²) in [7, 11) is 0. The van der Waals surface area contributed by atoms with Crippen molar-refractivity contribution < 1.29 is 0 Å². The van der Waals surface area contributed by atoms with E-state index in [1.54, 1.807) is 0 Å². The van der Waals surface area contributed by atoms with Crippen molar-refractivity contribution >= 4 is 6.21 Å². The van der Waals surface area contributed by atoms with Gasteiger partial charge < -0.3 is 4.90 Å². The summed E-state index contributed by atoms with van der Waals surface area (Å²) in [4.78, 5) is 6.64. The predicted molar refractivity (Wildman–Crippen MR) is 48.7 cm³/mol. The van der Waals surface area contributed by atoms with Gasteiger partial charge in [0.05, 0.1) is 0 Å². The summed E-state index contributed by atoms with van der Waals surface area (Å²) in [5.74, 6) is 0. The van der Waals surface area contributed by atoms with E-state index in [2.05, 4.69) is 36.9 Å². The van der Waals surface area contributed by atoms with E-state index in [0.717, 1.165) is 6.42 Å². The van der Waals surface area contributed by atoms with E-state index in [0.29, 0.717) is 12.2 Å². The molecule has 0 bridgehead atoms. The van der Waals surface area contributed by atoms with Crippen molar-refractivity contribution in [2.24, 2.45) is 4.99 Å². The number of hydrogen-bond donors (Lipinski definition) is 0. The van der Waals surface area contributed by atoms with Crippen molar-refractivity contribution in [3.63, 3.8) is 0 Å². The molecule has 11 heavy (non-hydrogen) atoms. The molecule has 0 saturated carbocycles. The van der Waals surface area contributed by atoms with E-state index in [-0.39, 0.29) is 0 Å². The van der Waals surface area contributed by atoms with Crippen molar-refractivity contribution in [1.82, 2.24) is 4.90 Å². The second-order valence-electron chi connectivity index (χ2n) is 3.07. The van der Waals surface area contributed by atoms with Gasteiger partial charge in [-0.05, 0) is 26.3 Å². The molecule has 0 aromatic carbocycles. The Labute approximate surface area is 68.6 Å². The lowest BCUT2D eigenvalue weighted by Gasteiger charge is -2.32. The molecule has 0 radical (unpaired) electrons. The van der Waals surface area contributed by atoms with Gasteiger partial charge in [-0.15, -0.1) is 0 Å². The Balaban J connectivity index is 2.63. The van der Waals surface area contributed by atoms with Crippen LogP contribution in [0.2, 0.25) is 0 Å². The molecule has 0 saturated heterocycles. The molecule has 0 fully saturated rings. The molecule has 0 N–H and O–H groups in total. The Bertz CT molecular complexity index is 170. The number of allylic oxidation sites excluding steroid dienone is 1. The third kappa shape index (κ3) is 1.82. The Kier molecular flexibility index (Phi) is 2.69. The summed E-state index contributed by atoms with van der Waals surface area (Å²) in [6.45, 7) is 6.54. The van der Waals surface area contributed by atoms with Crippen molar-refractivity contribution in [2.45, 2.75) is 39.4 Å². The summed E-state index contributed by atoms with van der Waals surface area (Å²) in [5.41, 5.74) is 0. The van der Waals surface area contributed by atoms with Crippen molar-refractivity contribution in [3.8, 4) is 0 Å². The zero-order valence-electron chi connectivity index (χ0n) is 7.49. The van der Waals surface area contributed by atoms with E-state index < -0.39 is 0 Å². The average Bonchev–Trinajstić information content (AvgIpc) is 2.04. The van der Waals surface area contributed by atoms with Crippen LogP contribution in [-0.2, 0) is 0 Å². The van der Waals surface area contributed by atoms with Crippen LogP contribution >= 0.6 is 0 Å². The molecule has 1 heterocycles. The van der Waals surface area contributed by atoms with Crippen LogP contribution in [0.1, 0.15) is 27.2 Å². The SMILES string of the molecule is CCC1N=CC=CN1C(C)C. The quantitative estimate of drug-likeness (QED) is 0.591. The molecule has 1 rings (SSSR count). The fourth-order valence-electron chi connectivity index (χ4n) is 1.30. The molecular formula is C9H16N2. The standard InChI is InChI=1S/C9H16N2/c1-4-9-10-6-5-7-11(9)8(2)3/h5-9H,4H2,1-3H3. The maximum atomic E-state index is 4.36. The molecule has 0 spiro atoms. The summed E-state index contributed by atoms with van der Waals surface area (Å²) >= 11 is 0. The maximum Gasteiger partial charge on any atom is 0.120 e. The smallest absolute Gasteiger partial charge is 0.120 e. The van der Waals surface area contributed by atoms with Gasteiger partial charge in [0.1, 0.15) is 6.17 Å². The third-order valence-electron chi connectivity index (χ3n) is 1.91. The van der Waals surface area contributed by atoms with Crippen LogP contribution in [0.4, 0.5) is 0 Å². The van der Waals surface area contributed by atoms with Gasteiger partial charge >= 0.3 is 0 Å². The Morgan fingerprint density at radius 3 is 2.73 bits per heavy atom. The Morgan fingerprint density at radius 1 is 1.55 bits per heavy atom. The highest BCUT2D eigenvalue weighted by atomic mass is 15.2. The lowest BCUT2D eigenvalue weighted by molar-refractivity contribution is 0.226. The van der Waals surface area contributed by atoms with Gasteiger partial charge in [0.2, 0.25) is 0 Å². The number of nitrogens with zero attached hydrogens (tertiary/aromatic N) is 2. The predicted octanol–water partition coefficient (Wildman–Crippen LogP) is 2.03. The highest BCUT2D eigenvalue weighted by molar-refractivity contribution is 5.71. The third-order valence-corrected chi connectivity index (χ3v) is 1.91. The van der Waals surface area contributed by atoms with Crippen LogP contribution in [0.5, 0.6) is 0 Å². The molecule has 0 aromatic heterocycles. The van der Waals surface area contributed by atoms with Gasteiger partial charge in [0, 0.05) is 18.5 Å². The molecule has 2 heteroatoms. The van der Waals surface area contributed by atoms with E-state index in [4.69, 9.17) is 0 Å². The van der Waals surface area contributed by atoms with Crippen LogP contribution < -0.4 is 0 Å². The van der Waals surface area contributed by atoms with Crippen molar-refractivity contribution in [1.29, 1.82) is 0 Å². The molecule has 1 aliphatic heterocycles. The average molecular weight is 152 g/mol. The Hall–Kier alpha value is -0.790. The largest absolute Gasteiger partial charge is 0.354 e. The summed E-state index contributed by atoms with van der Waals surface area (Å²) in [5, 5.41) is 0. The zero-order chi connectivity index (χ0) is 8.27. The molecular weight excluding hydrogens is 136 g/mol. The highest BCUT2D eigenvalue weighted by Gasteiger charge is 2.15. The van der Waals surface area contributed by atoms with Gasteiger partial charge in [-0.25, -0.2) is 0 Å². The van der Waals surface area contributed by atoms with Crippen molar-refractivity contribution in [3.05, 3.63) is 12.3 Å². The summed E-state index contributed by atoms with van der Waals surface area (Å²) < 4.78 is 0. The minimum atomic E-state index is 0.361. The molecule has 2 nitrogen and oxygen atoms in total. The molecule has 0 aromatic rings. The van der Waals surface area contributed by atoms with Crippen LogP contribution in [0.25, 0.3) is 0 Å². The number of hydrogen-bond acceptors (Lipinski definition) is 2. The van der Waals surface area contributed by atoms with Crippen molar-refractivity contribution in [2.75, 3.05) is 0 Å². The minimum Gasteiger partial charge on any atom is -0.354 e. The van der Waals surface area contributed by atoms with Gasteiger partial charge in [-0.1, -0.05) is 6.92 Å². The van der Waals surface area contributed by atoms with E-state index in [1.807, 2.05) is 12.3 Å². The summed E-state index contributed by atoms with van der Waals surface area (Å²) in [6, 6.07) is 0.550. The van der Waals surface area contributed by atoms with Crippen LogP contribution in [-0.4, -0.2) is 23.3 Å². The zero-order valence-corrected chi connectivity index (χ0v) is 7.49. The normalized spacial score (nSPS) is 23.3. The molecule has 0 aliphatic carbocycles. The minimum absolute atomic E-state index is 0.361. The van der Waals surface area contributed by atoms with Gasteiger partial charge in [0.25, 0.3) is 0 Å². The topological polar surface area (TPSA) is 15.6 Å². The molecule has 1 atom stereocenters. The first kappa shape index (κ1) is 8.31. The highest BCUT2D eigenvalue weighted by Crippen LogP contribution is 2.12. The molecule has 1 aliphatic rings. The van der Waals surface area contributed by atoms with Gasteiger partial charge in [-0.3, -0.25) is 4.99 Å². The number of rotatable bonds is 2. The number of aliphatic imine (C=N–C) groups is 1. The van der Waals surface area contributed by atoms with E-state index in [1.165, 1.54) is 0 Å². The monoisotopic (exact) mass is 152 g/mol. The van der Waals surface area contributed by atoms with Crippen LogP contribution in [0.15, 0.2) is 17.3 Å². The van der Waals surface area contributed by atoms with E-state index in [9.17, 15) is 0 Å². The lowest BCUT2D eigenvalue weighted by atomic mass is 10.2. The fraction of sp³-hybridized carbons (Fsp3) is 0.667. The first-order valence-corrected chi connectivity index (χ1v) is 4.23. The first-order valence-electron chi connectivity index (χ1n) is 4.23. The first-order chi connectivity index (χ1) is 5.25. The van der Waals surface area contributed by atoms with E-state index >= 15 is 0 Å². The lowest BCUT2D eigenvalue weighted by Crippen LogP contribution is -2.35. The molecule has 1 unspecified atom stereocenters. The molecule has 0 amide bonds. The van der Waals surface area contributed by atoms with Crippen LogP contribution in [0.3, 0.4) is 0 Å². The second kappa shape index (κ2) is 3.56. The van der Waals surface area contributed by atoms with Gasteiger partial charge in [0.15, 0.2) is 0 Å². The molecule has 62 valence electrons. The Morgan fingerprint density at radius 2 is 2.27 bits per heavy atom. The fourth-order valence-corrected chi connectivity index (χ4v) is 1.30. The van der Waals surface area contributed by atoms with Gasteiger partial charge in [-0.2, -0.15) is 0 Å². The summed E-state index contributed by atoms with van der Waals surface area (Å²) in [6.07, 6.45) is 7.43. The second-order valence-corrected chi connectivity index (χ2v) is 3.07.